The van der Waals surface area contributed by atoms with Gasteiger partial charge in [0.2, 0.25) is 5.91 Å². The minimum absolute atomic E-state index is 0.0142. The third-order valence-electron chi connectivity index (χ3n) is 5.24. The van der Waals surface area contributed by atoms with Crippen LogP contribution in [0.1, 0.15) is 25.7 Å². The number of piperidine rings is 1. The maximum atomic E-state index is 14.0. The number of amides is 1. The molecule has 1 aromatic heterocycles. The first-order valence-electron chi connectivity index (χ1n) is 9.42. The van der Waals surface area contributed by atoms with E-state index in [1.54, 1.807) is 29.8 Å². The maximum absolute atomic E-state index is 14.0. The van der Waals surface area contributed by atoms with Crippen molar-refractivity contribution in [3.8, 4) is 11.4 Å². The molecule has 1 aliphatic heterocycles. The molecule has 1 N–H and O–H groups in total. The average Bonchev–Trinajstić information content (AvgIpc) is 3.45. The highest BCUT2D eigenvalue weighted by molar-refractivity contribution is 7.99. The van der Waals surface area contributed by atoms with Crippen LogP contribution in [-0.2, 0) is 11.8 Å². The zero-order valence-electron chi connectivity index (χ0n) is 15.4. The summed E-state index contributed by atoms with van der Waals surface area (Å²) in [6.45, 7) is 2.16. The Balaban J connectivity index is 1.29. The molecule has 2 aromatic rings. The number of benzene rings is 1. The number of carbonyl (C=O) groups is 1. The van der Waals surface area contributed by atoms with Crippen LogP contribution in [0.3, 0.4) is 0 Å². The van der Waals surface area contributed by atoms with Gasteiger partial charge in [-0.15, -0.1) is 10.2 Å². The summed E-state index contributed by atoms with van der Waals surface area (Å²) in [5, 5.41) is 11.9. The topological polar surface area (TPSA) is 63.1 Å². The van der Waals surface area contributed by atoms with Gasteiger partial charge in [-0.05, 0) is 37.8 Å². The standard InChI is InChI=1S/C19H24FN5OS/c1-24-18(15-4-2-3-5-16(15)20)22-23-19(24)27-12-17(26)21-13-8-10-25(11-9-13)14-6-7-14/h2-5,13-14H,6-12H2,1H3,(H,21,26). The van der Waals surface area contributed by atoms with Crippen molar-refractivity contribution in [2.24, 2.45) is 7.05 Å². The molecule has 0 bridgehead atoms. The van der Waals surface area contributed by atoms with Gasteiger partial charge in [-0.1, -0.05) is 23.9 Å². The zero-order valence-corrected chi connectivity index (χ0v) is 16.2. The smallest absolute Gasteiger partial charge is 0.230 e. The van der Waals surface area contributed by atoms with E-state index in [1.807, 2.05) is 0 Å². The lowest BCUT2D eigenvalue weighted by Gasteiger charge is -2.32. The van der Waals surface area contributed by atoms with Gasteiger partial charge in [-0.3, -0.25) is 4.79 Å². The largest absolute Gasteiger partial charge is 0.353 e. The monoisotopic (exact) mass is 389 g/mol. The van der Waals surface area contributed by atoms with E-state index in [0.29, 0.717) is 16.5 Å². The van der Waals surface area contributed by atoms with Gasteiger partial charge in [0.25, 0.3) is 0 Å². The van der Waals surface area contributed by atoms with Crippen molar-refractivity contribution in [1.29, 1.82) is 0 Å². The third-order valence-corrected chi connectivity index (χ3v) is 6.26. The minimum Gasteiger partial charge on any atom is -0.353 e. The SMILES string of the molecule is Cn1c(SCC(=O)NC2CCN(C3CC3)CC2)nnc1-c1ccccc1F. The Morgan fingerprint density at radius 3 is 2.67 bits per heavy atom. The number of hydrogen-bond donors (Lipinski definition) is 1. The van der Waals surface area contributed by atoms with Gasteiger partial charge in [0, 0.05) is 32.2 Å². The van der Waals surface area contributed by atoms with E-state index >= 15 is 0 Å². The second-order valence-electron chi connectivity index (χ2n) is 7.24. The van der Waals surface area contributed by atoms with Crippen molar-refractivity contribution < 1.29 is 9.18 Å². The fourth-order valence-electron chi connectivity index (χ4n) is 3.57. The molecule has 0 unspecified atom stereocenters. The van der Waals surface area contributed by atoms with Gasteiger partial charge in [0.15, 0.2) is 11.0 Å². The van der Waals surface area contributed by atoms with Gasteiger partial charge < -0.3 is 14.8 Å². The number of thioether (sulfide) groups is 1. The fourth-order valence-corrected chi connectivity index (χ4v) is 4.29. The molecule has 27 heavy (non-hydrogen) atoms. The van der Waals surface area contributed by atoms with Crippen molar-refractivity contribution >= 4 is 17.7 Å². The Hall–Kier alpha value is -1.93. The van der Waals surface area contributed by atoms with Crippen molar-refractivity contribution in [1.82, 2.24) is 25.0 Å². The van der Waals surface area contributed by atoms with Crippen molar-refractivity contribution in [2.75, 3.05) is 18.8 Å². The summed E-state index contributed by atoms with van der Waals surface area (Å²) >= 11 is 1.32. The number of hydrogen-bond acceptors (Lipinski definition) is 5. The Bertz CT molecular complexity index is 814. The predicted molar refractivity (Wildman–Crippen MR) is 103 cm³/mol. The molecule has 2 heterocycles. The molecule has 2 fully saturated rings. The van der Waals surface area contributed by atoms with Crippen LogP contribution in [0.15, 0.2) is 29.4 Å². The van der Waals surface area contributed by atoms with E-state index < -0.39 is 0 Å². The fraction of sp³-hybridized carbons (Fsp3) is 0.526. The van der Waals surface area contributed by atoms with Gasteiger partial charge in [-0.25, -0.2) is 4.39 Å². The number of nitrogens with one attached hydrogen (secondary N) is 1. The number of aromatic nitrogens is 3. The molecule has 8 heteroatoms. The maximum Gasteiger partial charge on any atom is 0.230 e. The van der Waals surface area contributed by atoms with E-state index in [-0.39, 0.29) is 23.5 Å². The molecule has 1 saturated heterocycles. The van der Waals surface area contributed by atoms with E-state index in [9.17, 15) is 9.18 Å². The van der Waals surface area contributed by atoms with E-state index in [4.69, 9.17) is 0 Å². The van der Waals surface area contributed by atoms with Crippen LogP contribution < -0.4 is 5.32 Å². The summed E-state index contributed by atoms with van der Waals surface area (Å²) in [6.07, 6.45) is 4.71. The van der Waals surface area contributed by atoms with Crippen molar-refractivity contribution in [2.45, 2.75) is 42.9 Å². The van der Waals surface area contributed by atoms with Crippen molar-refractivity contribution in [3.63, 3.8) is 0 Å². The first kappa shape index (κ1) is 18.4. The third kappa shape index (κ3) is 4.32. The van der Waals surface area contributed by atoms with Crippen LogP contribution >= 0.6 is 11.8 Å². The molecule has 2 aliphatic rings. The number of halogens is 1. The average molecular weight is 390 g/mol. The highest BCUT2D eigenvalue weighted by Gasteiger charge is 2.32. The van der Waals surface area contributed by atoms with Crippen LogP contribution in [0.25, 0.3) is 11.4 Å². The van der Waals surface area contributed by atoms with Gasteiger partial charge in [0.1, 0.15) is 5.82 Å². The second-order valence-corrected chi connectivity index (χ2v) is 8.19. The highest BCUT2D eigenvalue weighted by atomic mass is 32.2. The molecule has 0 atom stereocenters. The Morgan fingerprint density at radius 2 is 1.96 bits per heavy atom. The zero-order chi connectivity index (χ0) is 18.8. The molecule has 0 spiro atoms. The molecule has 6 nitrogen and oxygen atoms in total. The summed E-state index contributed by atoms with van der Waals surface area (Å²) < 4.78 is 15.7. The first-order chi connectivity index (χ1) is 13.1. The molecule has 144 valence electrons. The molecule has 1 aliphatic carbocycles. The van der Waals surface area contributed by atoms with Crippen LogP contribution in [0.4, 0.5) is 4.39 Å². The van der Waals surface area contributed by atoms with Gasteiger partial charge >= 0.3 is 0 Å². The van der Waals surface area contributed by atoms with Gasteiger partial charge in [-0.2, -0.15) is 0 Å². The lowest BCUT2D eigenvalue weighted by atomic mass is 10.1. The predicted octanol–water partition coefficient (Wildman–Crippen LogP) is 2.46. The highest BCUT2D eigenvalue weighted by Crippen LogP contribution is 2.29. The summed E-state index contributed by atoms with van der Waals surface area (Å²) in [7, 11) is 1.79. The van der Waals surface area contributed by atoms with Crippen LogP contribution in [-0.4, -0.2) is 56.5 Å². The normalized spacial score (nSPS) is 18.6. The Labute approximate surface area is 162 Å². The van der Waals surface area contributed by atoms with Crippen LogP contribution in [0.5, 0.6) is 0 Å². The molecule has 4 rings (SSSR count). The van der Waals surface area contributed by atoms with Crippen LogP contribution in [0, 0.1) is 5.82 Å². The summed E-state index contributed by atoms with van der Waals surface area (Å²) in [4.78, 5) is 14.8. The molecule has 1 amide bonds. The van der Waals surface area contributed by atoms with Gasteiger partial charge in [0.05, 0.1) is 11.3 Å². The quantitative estimate of drug-likeness (QED) is 0.769. The first-order valence-corrected chi connectivity index (χ1v) is 10.4. The van der Waals surface area contributed by atoms with Crippen LogP contribution in [0.2, 0.25) is 0 Å². The molecule has 0 radical (unpaired) electrons. The van der Waals surface area contributed by atoms with E-state index in [2.05, 4.69) is 20.4 Å². The summed E-state index contributed by atoms with van der Waals surface area (Å²) in [5.74, 6) is 0.426. The van der Waals surface area contributed by atoms with E-state index in [1.165, 1.54) is 30.7 Å². The molecular weight excluding hydrogens is 365 g/mol. The number of likely N-dealkylation sites (tertiary alicyclic amines) is 1. The summed E-state index contributed by atoms with van der Waals surface area (Å²) in [5.41, 5.74) is 0.409. The number of rotatable bonds is 6. The van der Waals surface area contributed by atoms with Crippen molar-refractivity contribution in [3.05, 3.63) is 30.1 Å². The Morgan fingerprint density at radius 1 is 1.22 bits per heavy atom. The van der Waals surface area contributed by atoms with E-state index in [0.717, 1.165) is 32.0 Å². The second kappa shape index (κ2) is 7.98. The lowest BCUT2D eigenvalue weighted by Crippen LogP contribution is -2.45. The Kier molecular flexibility index (Phi) is 5.45. The number of carbonyl (C=O) groups excluding carboxylic acids is 1. The molecule has 1 aromatic carbocycles. The number of nitrogens with zero attached hydrogens (tertiary/aromatic N) is 4. The molecular formula is C19H24FN5OS. The summed E-state index contributed by atoms with van der Waals surface area (Å²) in [6, 6.07) is 7.55. The minimum atomic E-state index is -0.333. The lowest BCUT2D eigenvalue weighted by molar-refractivity contribution is -0.119. The molecule has 1 saturated carbocycles.